The van der Waals surface area contributed by atoms with Gasteiger partial charge in [0.05, 0.1) is 17.3 Å². The van der Waals surface area contributed by atoms with Crippen molar-refractivity contribution in [1.29, 1.82) is 5.26 Å². The van der Waals surface area contributed by atoms with E-state index in [1.165, 1.54) is 11.1 Å². The maximum Gasteiger partial charge on any atom is 0.101 e. The van der Waals surface area contributed by atoms with E-state index in [9.17, 15) is 5.26 Å². The fourth-order valence-electron chi connectivity index (χ4n) is 3.67. The maximum absolute atomic E-state index is 9.66. The van der Waals surface area contributed by atoms with Crippen LogP contribution in [0.1, 0.15) is 22.7 Å². The van der Waals surface area contributed by atoms with Gasteiger partial charge in [0.2, 0.25) is 0 Å². The predicted molar refractivity (Wildman–Crippen MR) is 115 cm³/mol. The third-order valence-electron chi connectivity index (χ3n) is 5.17. The molecular weight excluding hydrogens is 344 g/mol. The van der Waals surface area contributed by atoms with Crippen LogP contribution in [-0.2, 0) is 0 Å². The molecule has 1 heterocycles. The van der Waals surface area contributed by atoms with Gasteiger partial charge in [0.15, 0.2) is 0 Å². The summed E-state index contributed by atoms with van der Waals surface area (Å²) < 4.78 is 0. The molecule has 28 heavy (non-hydrogen) atoms. The van der Waals surface area contributed by atoms with Crippen LogP contribution in [0, 0.1) is 11.3 Å². The van der Waals surface area contributed by atoms with Crippen molar-refractivity contribution in [3.63, 3.8) is 0 Å². The first-order valence-electron chi connectivity index (χ1n) is 9.71. The molecule has 4 rings (SSSR count). The van der Waals surface area contributed by atoms with Crippen LogP contribution >= 0.6 is 0 Å². The average molecular weight is 368 g/mol. The summed E-state index contributed by atoms with van der Waals surface area (Å²) in [7, 11) is 0. The number of hydrogen-bond acceptors (Lipinski definition) is 4. The Hall–Kier alpha value is -3.29. The third-order valence-corrected chi connectivity index (χ3v) is 5.17. The standard InChI is InChI=1S/C24H24N4/c25-18-21-11-12-22(28-15-13-26-14-16-28)17-23(21)27-24(19-7-3-1-4-8-19)20-9-5-2-6-10-20/h1-12,17,24,26-27H,13-16H2. The highest BCUT2D eigenvalue weighted by Gasteiger charge is 2.17. The summed E-state index contributed by atoms with van der Waals surface area (Å²) in [6, 6.07) is 29.1. The highest BCUT2D eigenvalue weighted by atomic mass is 15.2. The largest absolute Gasteiger partial charge is 0.373 e. The van der Waals surface area contributed by atoms with E-state index in [4.69, 9.17) is 0 Å². The van der Waals surface area contributed by atoms with Gasteiger partial charge in [-0.25, -0.2) is 0 Å². The Labute approximate surface area is 166 Å². The van der Waals surface area contributed by atoms with Crippen molar-refractivity contribution in [3.05, 3.63) is 95.6 Å². The molecule has 2 N–H and O–H groups in total. The Balaban J connectivity index is 1.70. The number of nitrogens with one attached hydrogen (secondary N) is 2. The van der Waals surface area contributed by atoms with Crippen molar-refractivity contribution in [2.45, 2.75) is 6.04 Å². The van der Waals surface area contributed by atoms with Gasteiger partial charge in [-0.05, 0) is 29.3 Å². The topological polar surface area (TPSA) is 51.1 Å². The lowest BCUT2D eigenvalue weighted by molar-refractivity contribution is 0.589. The fraction of sp³-hybridized carbons (Fsp3) is 0.208. The van der Waals surface area contributed by atoms with Crippen LogP contribution in [0.4, 0.5) is 11.4 Å². The van der Waals surface area contributed by atoms with Crippen LogP contribution in [0.25, 0.3) is 0 Å². The quantitative estimate of drug-likeness (QED) is 0.710. The molecule has 0 aromatic heterocycles. The number of hydrogen-bond donors (Lipinski definition) is 2. The number of anilines is 2. The van der Waals surface area contributed by atoms with Gasteiger partial charge in [0.25, 0.3) is 0 Å². The van der Waals surface area contributed by atoms with Crippen molar-refractivity contribution in [3.8, 4) is 6.07 Å². The maximum atomic E-state index is 9.66. The van der Waals surface area contributed by atoms with Crippen LogP contribution in [-0.4, -0.2) is 26.2 Å². The van der Waals surface area contributed by atoms with Gasteiger partial charge in [-0.15, -0.1) is 0 Å². The van der Waals surface area contributed by atoms with Crippen LogP contribution in [0.15, 0.2) is 78.9 Å². The van der Waals surface area contributed by atoms with Gasteiger partial charge in [-0.2, -0.15) is 5.26 Å². The second kappa shape index (κ2) is 8.60. The van der Waals surface area contributed by atoms with E-state index in [0.717, 1.165) is 37.6 Å². The molecule has 4 heteroatoms. The first kappa shape index (κ1) is 18.1. The van der Waals surface area contributed by atoms with Gasteiger partial charge in [0, 0.05) is 31.9 Å². The van der Waals surface area contributed by atoms with Crippen LogP contribution in [0.2, 0.25) is 0 Å². The van der Waals surface area contributed by atoms with E-state index in [1.54, 1.807) is 0 Å². The molecule has 0 aliphatic carbocycles. The molecule has 1 aliphatic heterocycles. The Morgan fingerprint density at radius 1 is 0.857 bits per heavy atom. The number of piperazine rings is 1. The van der Waals surface area contributed by atoms with Gasteiger partial charge >= 0.3 is 0 Å². The Bertz CT molecular complexity index is 902. The minimum atomic E-state index is -0.0206. The van der Waals surface area contributed by atoms with E-state index >= 15 is 0 Å². The molecular formula is C24H24N4. The van der Waals surface area contributed by atoms with Gasteiger partial charge in [-0.3, -0.25) is 0 Å². The summed E-state index contributed by atoms with van der Waals surface area (Å²) in [6.45, 7) is 3.93. The van der Waals surface area contributed by atoms with Gasteiger partial charge < -0.3 is 15.5 Å². The minimum absolute atomic E-state index is 0.0206. The Morgan fingerprint density at radius 3 is 2.04 bits per heavy atom. The van der Waals surface area contributed by atoms with E-state index in [-0.39, 0.29) is 6.04 Å². The van der Waals surface area contributed by atoms with Crippen molar-refractivity contribution in [2.75, 3.05) is 36.4 Å². The molecule has 0 bridgehead atoms. The zero-order valence-corrected chi connectivity index (χ0v) is 15.8. The second-order valence-electron chi connectivity index (χ2n) is 6.98. The molecule has 3 aromatic carbocycles. The summed E-state index contributed by atoms with van der Waals surface area (Å²) in [6.07, 6.45) is 0. The molecule has 0 saturated carbocycles. The number of rotatable bonds is 5. The SMILES string of the molecule is N#Cc1ccc(N2CCNCC2)cc1NC(c1ccccc1)c1ccccc1. The van der Waals surface area contributed by atoms with Crippen molar-refractivity contribution in [1.82, 2.24) is 5.32 Å². The lowest BCUT2D eigenvalue weighted by Gasteiger charge is -2.30. The molecule has 0 atom stereocenters. The van der Waals surface area contributed by atoms with E-state index < -0.39 is 0 Å². The minimum Gasteiger partial charge on any atom is -0.373 e. The lowest BCUT2D eigenvalue weighted by atomic mass is 9.98. The van der Waals surface area contributed by atoms with Crippen molar-refractivity contribution in [2.24, 2.45) is 0 Å². The highest BCUT2D eigenvalue weighted by molar-refractivity contribution is 5.67. The predicted octanol–water partition coefficient (Wildman–Crippen LogP) is 4.17. The molecule has 3 aromatic rings. The summed E-state index contributed by atoms with van der Waals surface area (Å²) in [5.41, 5.74) is 5.03. The molecule has 1 aliphatic rings. The van der Waals surface area contributed by atoms with Crippen LogP contribution in [0.3, 0.4) is 0 Å². The fourth-order valence-corrected chi connectivity index (χ4v) is 3.67. The first-order chi connectivity index (χ1) is 13.8. The van der Waals surface area contributed by atoms with E-state index in [0.29, 0.717) is 5.56 Å². The molecule has 1 fully saturated rings. The Kier molecular flexibility index (Phi) is 5.56. The first-order valence-corrected chi connectivity index (χ1v) is 9.71. The molecule has 0 radical (unpaired) electrons. The molecule has 4 nitrogen and oxygen atoms in total. The average Bonchev–Trinajstić information content (AvgIpc) is 2.79. The Morgan fingerprint density at radius 2 is 1.46 bits per heavy atom. The van der Waals surface area contributed by atoms with Gasteiger partial charge in [-0.1, -0.05) is 60.7 Å². The van der Waals surface area contributed by atoms with E-state index in [2.05, 4.69) is 82.3 Å². The summed E-state index contributed by atoms with van der Waals surface area (Å²) in [5.74, 6) is 0. The molecule has 0 unspecified atom stereocenters. The number of benzene rings is 3. The second-order valence-corrected chi connectivity index (χ2v) is 6.98. The highest BCUT2D eigenvalue weighted by Crippen LogP contribution is 2.31. The van der Waals surface area contributed by atoms with Crippen LogP contribution in [0.5, 0.6) is 0 Å². The van der Waals surface area contributed by atoms with Crippen LogP contribution < -0.4 is 15.5 Å². The van der Waals surface area contributed by atoms with Crippen molar-refractivity contribution < 1.29 is 0 Å². The number of nitrogens with zero attached hydrogens (tertiary/aromatic N) is 2. The lowest BCUT2D eigenvalue weighted by Crippen LogP contribution is -2.43. The molecule has 1 saturated heterocycles. The normalized spacial score (nSPS) is 13.9. The summed E-state index contributed by atoms with van der Waals surface area (Å²) in [4.78, 5) is 2.36. The zero-order chi connectivity index (χ0) is 19.2. The van der Waals surface area contributed by atoms with Gasteiger partial charge in [0.1, 0.15) is 6.07 Å². The third kappa shape index (κ3) is 4.00. The summed E-state index contributed by atoms with van der Waals surface area (Å²) >= 11 is 0. The molecule has 140 valence electrons. The van der Waals surface area contributed by atoms with E-state index in [1.807, 2.05) is 18.2 Å². The molecule has 0 amide bonds. The molecule has 0 spiro atoms. The van der Waals surface area contributed by atoms with Crippen molar-refractivity contribution >= 4 is 11.4 Å². The zero-order valence-electron chi connectivity index (χ0n) is 15.8. The summed E-state index contributed by atoms with van der Waals surface area (Å²) in [5, 5.41) is 16.7. The number of nitriles is 1. The smallest absolute Gasteiger partial charge is 0.101 e. The monoisotopic (exact) mass is 368 g/mol.